The topological polar surface area (TPSA) is 106 Å². The van der Waals surface area contributed by atoms with Crippen molar-refractivity contribution in [2.45, 2.75) is 51.9 Å². The van der Waals surface area contributed by atoms with E-state index in [0.29, 0.717) is 35.3 Å². The second kappa shape index (κ2) is 7.88. The van der Waals surface area contributed by atoms with Gasteiger partial charge in [-0.25, -0.2) is 9.78 Å². The van der Waals surface area contributed by atoms with Crippen LogP contribution in [0.15, 0.2) is 40.1 Å². The van der Waals surface area contributed by atoms with Gasteiger partial charge in [0.1, 0.15) is 11.2 Å². The van der Waals surface area contributed by atoms with Gasteiger partial charge in [0, 0.05) is 54.9 Å². The van der Waals surface area contributed by atoms with E-state index in [4.69, 9.17) is 14.1 Å². The highest BCUT2D eigenvalue weighted by molar-refractivity contribution is 6.06. The van der Waals surface area contributed by atoms with Crippen molar-refractivity contribution in [2.24, 2.45) is 14.1 Å². The number of aryl methyl sites for hydroxylation is 3. The van der Waals surface area contributed by atoms with Gasteiger partial charge in [0.2, 0.25) is 5.71 Å². The van der Waals surface area contributed by atoms with E-state index >= 15 is 0 Å². The van der Waals surface area contributed by atoms with Gasteiger partial charge in [-0.3, -0.25) is 13.9 Å². The number of pyridine rings is 1. The Morgan fingerprint density at radius 2 is 1.63 bits per heavy atom. The molecular weight excluding hydrogens is 446 g/mol. The zero-order chi connectivity index (χ0) is 24.4. The van der Waals surface area contributed by atoms with E-state index in [0.717, 1.165) is 27.8 Å². The number of rotatable bonds is 3. The Labute approximate surface area is 201 Å². The van der Waals surface area contributed by atoms with Crippen molar-refractivity contribution in [3.63, 3.8) is 0 Å². The van der Waals surface area contributed by atoms with E-state index in [1.54, 1.807) is 20.1 Å². The third kappa shape index (κ3) is 3.56. The Morgan fingerprint density at radius 3 is 2.26 bits per heavy atom. The lowest BCUT2D eigenvalue weighted by Crippen LogP contribution is -2.36. The number of hydrogen-bond donors (Lipinski definition) is 0. The minimum Gasteiger partial charge on any atom is -0.434 e. The van der Waals surface area contributed by atoms with Crippen LogP contribution in [-0.4, -0.2) is 46.3 Å². The van der Waals surface area contributed by atoms with Crippen molar-refractivity contribution in [3.05, 3.63) is 47.0 Å². The largest absolute Gasteiger partial charge is 0.434 e. The average Bonchev–Trinajstić information content (AvgIpc) is 3.50. The molecule has 0 amide bonds. The van der Waals surface area contributed by atoms with Crippen molar-refractivity contribution >= 4 is 22.2 Å². The second-order valence-corrected chi connectivity index (χ2v) is 9.55. The van der Waals surface area contributed by atoms with E-state index in [-0.39, 0.29) is 23.9 Å². The molecule has 1 aliphatic heterocycles. The van der Waals surface area contributed by atoms with Crippen LogP contribution in [0, 0.1) is 6.92 Å². The summed E-state index contributed by atoms with van der Waals surface area (Å²) < 4.78 is 17.5. The maximum atomic E-state index is 13.6. The van der Waals surface area contributed by atoms with E-state index in [2.05, 4.69) is 21.2 Å². The molecule has 1 fully saturated rings. The Bertz CT molecular complexity index is 1630. The molecule has 1 aliphatic rings. The summed E-state index contributed by atoms with van der Waals surface area (Å²) in [5.41, 5.74) is 5.33. The predicted octanol–water partition coefficient (Wildman–Crippen LogP) is 3.78. The van der Waals surface area contributed by atoms with Crippen LogP contribution < -0.4 is 5.69 Å². The predicted molar refractivity (Wildman–Crippen MR) is 131 cm³/mol. The molecule has 5 aromatic heterocycles. The van der Waals surface area contributed by atoms with E-state index < -0.39 is 0 Å². The van der Waals surface area contributed by atoms with Crippen LogP contribution in [0.25, 0.3) is 44.6 Å². The quantitative estimate of drug-likeness (QED) is 0.393. The number of aromatic nitrogens is 7. The maximum absolute atomic E-state index is 13.6. The van der Waals surface area contributed by atoms with Gasteiger partial charge in [0.25, 0.3) is 0 Å². The first-order valence-electron chi connectivity index (χ1n) is 11.8. The van der Waals surface area contributed by atoms with Gasteiger partial charge < -0.3 is 9.15 Å². The van der Waals surface area contributed by atoms with Crippen molar-refractivity contribution in [1.82, 2.24) is 34.1 Å². The fourth-order valence-electron chi connectivity index (χ4n) is 5.31. The summed E-state index contributed by atoms with van der Waals surface area (Å²) in [7, 11) is 3.71. The zero-order valence-corrected chi connectivity index (χ0v) is 20.4. The number of nitrogens with zero attached hydrogens (tertiary/aromatic N) is 7. The Morgan fingerprint density at radius 1 is 0.971 bits per heavy atom. The standard InChI is InChI=1S/C25H27N7O3/c1-13-6-18(7-14(2)34-13)32-22-20-8-19(16-9-26-30(4)11-16)15(3)28-24(20)35-23(22)21(29-25(32)33)17-10-27-31(5)12-17/h8-14,18H,6-7H2,1-5H3/t13-,14+,18+. The number of furan rings is 1. The number of fused-ring (bicyclic) bond motifs is 3. The van der Waals surface area contributed by atoms with Gasteiger partial charge in [0.05, 0.1) is 30.0 Å². The lowest BCUT2D eigenvalue weighted by molar-refractivity contribution is -0.0486. The molecule has 35 heavy (non-hydrogen) atoms. The molecule has 3 atom stereocenters. The van der Waals surface area contributed by atoms with Gasteiger partial charge >= 0.3 is 5.69 Å². The number of hydrogen-bond acceptors (Lipinski definition) is 7. The first kappa shape index (κ1) is 21.7. The normalized spacial score (nSPS) is 20.8. The molecule has 0 aliphatic carbocycles. The van der Waals surface area contributed by atoms with Crippen molar-refractivity contribution in [1.29, 1.82) is 0 Å². The van der Waals surface area contributed by atoms with Crippen LogP contribution in [0.1, 0.15) is 38.4 Å². The summed E-state index contributed by atoms with van der Waals surface area (Å²) in [5.74, 6) is 0. The smallest absolute Gasteiger partial charge is 0.349 e. The van der Waals surface area contributed by atoms with Crippen molar-refractivity contribution < 1.29 is 9.15 Å². The van der Waals surface area contributed by atoms with E-state index in [1.165, 1.54) is 0 Å². The summed E-state index contributed by atoms with van der Waals surface area (Å²) in [4.78, 5) is 22.9. The molecular formula is C25H27N7O3. The molecule has 5 aromatic rings. The zero-order valence-electron chi connectivity index (χ0n) is 20.4. The highest BCUT2D eigenvalue weighted by Crippen LogP contribution is 2.39. The van der Waals surface area contributed by atoms with Gasteiger partial charge in [-0.15, -0.1) is 0 Å². The summed E-state index contributed by atoms with van der Waals surface area (Å²) in [6, 6.07) is 1.98. The summed E-state index contributed by atoms with van der Waals surface area (Å²) in [6.45, 7) is 6.03. The van der Waals surface area contributed by atoms with Crippen LogP contribution in [0.3, 0.4) is 0 Å². The summed E-state index contributed by atoms with van der Waals surface area (Å²) >= 11 is 0. The fraction of sp³-hybridized carbons (Fsp3) is 0.400. The molecule has 180 valence electrons. The van der Waals surface area contributed by atoms with Crippen LogP contribution in [0.4, 0.5) is 0 Å². The Hall–Kier alpha value is -3.79. The lowest BCUT2D eigenvalue weighted by Gasteiger charge is -2.33. The monoisotopic (exact) mass is 473 g/mol. The van der Waals surface area contributed by atoms with Crippen LogP contribution in [0.2, 0.25) is 0 Å². The minimum absolute atomic E-state index is 0.0354. The fourth-order valence-corrected chi connectivity index (χ4v) is 5.31. The summed E-state index contributed by atoms with van der Waals surface area (Å²) in [6.07, 6.45) is 8.80. The molecule has 10 heteroatoms. The third-order valence-corrected chi connectivity index (χ3v) is 6.75. The van der Waals surface area contributed by atoms with Gasteiger partial charge in [0.15, 0.2) is 5.58 Å². The first-order valence-corrected chi connectivity index (χ1v) is 11.8. The van der Waals surface area contributed by atoms with E-state index in [9.17, 15) is 4.79 Å². The molecule has 0 unspecified atom stereocenters. The van der Waals surface area contributed by atoms with Crippen LogP contribution >= 0.6 is 0 Å². The lowest BCUT2D eigenvalue weighted by atomic mass is 9.99. The van der Waals surface area contributed by atoms with Gasteiger partial charge in [-0.05, 0) is 39.7 Å². The average molecular weight is 474 g/mol. The highest BCUT2D eigenvalue weighted by atomic mass is 16.5. The van der Waals surface area contributed by atoms with Crippen LogP contribution in [-0.2, 0) is 18.8 Å². The van der Waals surface area contributed by atoms with Crippen molar-refractivity contribution in [3.8, 4) is 22.4 Å². The Kier molecular flexibility index (Phi) is 4.89. The molecule has 0 aromatic carbocycles. The van der Waals surface area contributed by atoms with E-state index in [1.807, 2.05) is 53.5 Å². The van der Waals surface area contributed by atoms with Crippen LogP contribution in [0.5, 0.6) is 0 Å². The molecule has 0 N–H and O–H groups in total. The maximum Gasteiger partial charge on any atom is 0.349 e. The highest BCUT2D eigenvalue weighted by Gasteiger charge is 2.31. The SMILES string of the molecule is Cc1nc2oc3c(-c4cnn(C)c4)nc(=O)n([C@H]4C[C@@H](C)O[C@@H](C)C4)c3c2cc1-c1cnn(C)c1. The molecule has 0 saturated carbocycles. The minimum atomic E-state index is -0.311. The Balaban J connectivity index is 1.69. The molecule has 1 saturated heterocycles. The summed E-state index contributed by atoms with van der Waals surface area (Å²) in [5, 5.41) is 9.37. The first-order chi connectivity index (χ1) is 16.8. The molecule has 0 bridgehead atoms. The molecule has 6 heterocycles. The molecule has 6 rings (SSSR count). The molecule has 10 nitrogen and oxygen atoms in total. The van der Waals surface area contributed by atoms with Gasteiger partial charge in [-0.1, -0.05) is 0 Å². The van der Waals surface area contributed by atoms with Crippen molar-refractivity contribution in [2.75, 3.05) is 0 Å². The number of ether oxygens (including phenoxy) is 1. The van der Waals surface area contributed by atoms with Gasteiger partial charge in [-0.2, -0.15) is 15.2 Å². The third-order valence-electron chi connectivity index (χ3n) is 6.75. The second-order valence-electron chi connectivity index (χ2n) is 9.55. The molecule has 0 radical (unpaired) electrons. The molecule has 0 spiro atoms.